The zero-order valence-electron chi connectivity index (χ0n) is 18.2. The molecule has 1 aliphatic rings. The standard InChI is InChI=1S/C25H28N2O4/c1-15-22(24(28)23-20(30-2)10-7-11-21(23)31-3)18-14-17(12-13-19(18)26-15)27-25(29)16-8-5-4-6-9-16/h7,10-14,16,26H,4-6,8-9H2,1-3H3,(H,27,29). The topological polar surface area (TPSA) is 80.4 Å². The van der Waals surface area contributed by atoms with E-state index in [1.165, 1.54) is 20.6 Å². The summed E-state index contributed by atoms with van der Waals surface area (Å²) in [4.78, 5) is 29.6. The van der Waals surface area contributed by atoms with Crippen LogP contribution < -0.4 is 14.8 Å². The number of aromatic amines is 1. The largest absolute Gasteiger partial charge is 0.496 e. The number of rotatable bonds is 6. The van der Waals surface area contributed by atoms with Gasteiger partial charge in [0.1, 0.15) is 17.1 Å². The molecule has 6 heteroatoms. The number of amides is 1. The lowest BCUT2D eigenvalue weighted by Gasteiger charge is -2.20. The zero-order valence-corrected chi connectivity index (χ0v) is 18.2. The molecule has 1 amide bonds. The van der Waals surface area contributed by atoms with Gasteiger partial charge in [-0.15, -0.1) is 0 Å². The van der Waals surface area contributed by atoms with Gasteiger partial charge >= 0.3 is 0 Å². The summed E-state index contributed by atoms with van der Waals surface area (Å²) in [6.07, 6.45) is 5.29. The molecule has 1 aliphatic carbocycles. The van der Waals surface area contributed by atoms with Crippen molar-refractivity contribution in [1.82, 2.24) is 4.98 Å². The van der Waals surface area contributed by atoms with E-state index in [2.05, 4.69) is 10.3 Å². The summed E-state index contributed by atoms with van der Waals surface area (Å²) in [7, 11) is 3.07. The number of hydrogen-bond donors (Lipinski definition) is 2. The molecule has 0 saturated heterocycles. The Morgan fingerprint density at radius 2 is 1.65 bits per heavy atom. The van der Waals surface area contributed by atoms with Crippen LogP contribution in [0.2, 0.25) is 0 Å². The van der Waals surface area contributed by atoms with Gasteiger partial charge in [-0.3, -0.25) is 9.59 Å². The van der Waals surface area contributed by atoms with Crippen LogP contribution in [0.3, 0.4) is 0 Å². The number of hydrogen-bond acceptors (Lipinski definition) is 4. The van der Waals surface area contributed by atoms with Crippen molar-refractivity contribution < 1.29 is 19.1 Å². The van der Waals surface area contributed by atoms with Crippen LogP contribution in [0.15, 0.2) is 36.4 Å². The first kappa shape index (κ1) is 21.0. The summed E-state index contributed by atoms with van der Waals surface area (Å²) >= 11 is 0. The van der Waals surface area contributed by atoms with Crippen molar-refractivity contribution >= 4 is 28.3 Å². The highest BCUT2D eigenvalue weighted by Crippen LogP contribution is 2.35. The van der Waals surface area contributed by atoms with Gasteiger partial charge in [0, 0.05) is 28.2 Å². The number of methoxy groups -OCH3 is 2. The Hall–Kier alpha value is -3.28. The second kappa shape index (κ2) is 8.84. The number of carbonyl (C=O) groups is 2. The SMILES string of the molecule is COc1cccc(OC)c1C(=O)c1c(C)[nH]c2ccc(NC(=O)C3CCCCC3)cc12. The number of aryl methyl sites for hydroxylation is 1. The van der Waals surface area contributed by atoms with Crippen molar-refractivity contribution in [2.24, 2.45) is 5.92 Å². The summed E-state index contributed by atoms with van der Waals surface area (Å²) in [6, 6.07) is 10.9. The molecule has 162 valence electrons. The monoisotopic (exact) mass is 420 g/mol. The number of carbonyl (C=O) groups excluding carboxylic acids is 2. The Kier molecular flexibility index (Phi) is 5.98. The predicted molar refractivity (Wildman–Crippen MR) is 121 cm³/mol. The normalized spacial score (nSPS) is 14.4. The van der Waals surface area contributed by atoms with E-state index >= 15 is 0 Å². The average molecular weight is 421 g/mol. The average Bonchev–Trinajstić information content (AvgIpc) is 3.13. The maximum Gasteiger partial charge on any atom is 0.227 e. The van der Waals surface area contributed by atoms with Gasteiger partial charge in [-0.2, -0.15) is 0 Å². The molecule has 31 heavy (non-hydrogen) atoms. The molecule has 2 aromatic carbocycles. The van der Waals surface area contributed by atoms with Crippen LogP contribution in [0.5, 0.6) is 11.5 Å². The van der Waals surface area contributed by atoms with Crippen molar-refractivity contribution in [2.75, 3.05) is 19.5 Å². The van der Waals surface area contributed by atoms with E-state index in [0.29, 0.717) is 28.3 Å². The van der Waals surface area contributed by atoms with Crippen LogP contribution in [0.4, 0.5) is 5.69 Å². The molecular weight excluding hydrogens is 392 g/mol. The van der Waals surface area contributed by atoms with Crippen molar-refractivity contribution in [3.05, 3.63) is 53.2 Å². The van der Waals surface area contributed by atoms with Crippen LogP contribution in [-0.4, -0.2) is 30.9 Å². The van der Waals surface area contributed by atoms with Gasteiger partial charge in [0.05, 0.1) is 19.8 Å². The number of aromatic nitrogens is 1. The van der Waals surface area contributed by atoms with E-state index in [9.17, 15) is 9.59 Å². The highest BCUT2D eigenvalue weighted by atomic mass is 16.5. The Balaban J connectivity index is 1.72. The van der Waals surface area contributed by atoms with E-state index < -0.39 is 0 Å². The van der Waals surface area contributed by atoms with Crippen molar-refractivity contribution in [1.29, 1.82) is 0 Å². The lowest BCUT2D eigenvalue weighted by molar-refractivity contribution is -0.120. The molecule has 1 heterocycles. The van der Waals surface area contributed by atoms with Crippen molar-refractivity contribution in [3.63, 3.8) is 0 Å². The van der Waals surface area contributed by atoms with Crippen molar-refractivity contribution in [2.45, 2.75) is 39.0 Å². The molecule has 0 atom stereocenters. The Labute approximate surface area is 181 Å². The van der Waals surface area contributed by atoms with Crippen LogP contribution in [0.25, 0.3) is 10.9 Å². The number of ether oxygens (including phenoxy) is 2. The molecule has 0 spiro atoms. The fourth-order valence-corrected chi connectivity index (χ4v) is 4.51. The van der Waals surface area contributed by atoms with E-state index in [4.69, 9.17) is 9.47 Å². The number of benzene rings is 2. The second-order valence-corrected chi connectivity index (χ2v) is 8.08. The first-order chi connectivity index (χ1) is 15.0. The van der Waals surface area contributed by atoms with Gasteiger partial charge in [0.2, 0.25) is 11.7 Å². The first-order valence-corrected chi connectivity index (χ1v) is 10.7. The van der Waals surface area contributed by atoms with Crippen LogP contribution >= 0.6 is 0 Å². The minimum atomic E-state index is -0.186. The lowest BCUT2D eigenvalue weighted by Crippen LogP contribution is -2.24. The second-order valence-electron chi connectivity index (χ2n) is 8.08. The minimum absolute atomic E-state index is 0.0607. The molecule has 2 N–H and O–H groups in total. The molecule has 1 fully saturated rings. The highest BCUT2D eigenvalue weighted by Gasteiger charge is 2.25. The van der Waals surface area contributed by atoms with E-state index in [-0.39, 0.29) is 17.6 Å². The fourth-order valence-electron chi connectivity index (χ4n) is 4.51. The number of ketones is 1. The summed E-state index contributed by atoms with van der Waals surface area (Å²) in [5.74, 6) is 0.857. The molecular formula is C25H28N2O4. The number of H-pyrrole nitrogens is 1. The van der Waals surface area contributed by atoms with Gasteiger partial charge in [0.15, 0.2) is 0 Å². The van der Waals surface area contributed by atoms with Gasteiger partial charge in [-0.05, 0) is 50.1 Å². The molecule has 0 aliphatic heterocycles. The summed E-state index contributed by atoms with van der Waals surface area (Å²) in [6.45, 7) is 1.87. The lowest BCUT2D eigenvalue weighted by atomic mass is 9.88. The Morgan fingerprint density at radius 1 is 0.968 bits per heavy atom. The van der Waals surface area contributed by atoms with Crippen molar-refractivity contribution in [3.8, 4) is 11.5 Å². The molecule has 1 saturated carbocycles. The predicted octanol–water partition coefficient (Wildman–Crippen LogP) is 5.24. The quantitative estimate of drug-likeness (QED) is 0.534. The van der Waals surface area contributed by atoms with E-state index in [1.807, 2.05) is 25.1 Å². The number of nitrogens with one attached hydrogen (secondary N) is 2. The highest BCUT2D eigenvalue weighted by molar-refractivity contribution is 6.20. The van der Waals surface area contributed by atoms with Gasteiger partial charge in [0.25, 0.3) is 0 Å². The Bertz CT molecular complexity index is 1100. The molecule has 0 unspecified atom stereocenters. The summed E-state index contributed by atoms with van der Waals surface area (Å²) in [5, 5.41) is 3.81. The first-order valence-electron chi connectivity index (χ1n) is 10.7. The molecule has 1 aromatic heterocycles. The van der Waals surface area contributed by atoms with E-state index in [1.54, 1.807) is 18.2 Å². The minimum Gasteiger partial charge on any atom is -0.496 e. The maximum absolute atomic E-state index is 13.6. The molecule has 0 bridgehead atoms. The zero-order chi connectivity index (χ0) is 22.0. The summed E-state index contributed by atoms with van der Waals surface area (Å²) in [5.41, 5.74) is 3.22. The molecule has 3 aromatic rings. The molecule has 0 radical (unpaired) electrons. The smallest absolute Gasteiger partial charge is 0.227 e. The van der Waals surface area contributed by atoms with Crippen LogP contribution in [-0.2, 0) is 4.79 Å². The molecule has 4 rings (SSSR count). The fraction of sp³-hybridized carbons (Fsp3) is 0.360. The van der Waals surface area contributed by atoms with Gasteiger partial charge < -0.3 is 19.8 Å². The van der Waals surface area contributed by atoms with Crippen LogP contribution in [0, 0.1) is 12.8 Å². The Morgan fingerprint density at radius 3 is 2.29 bits per heavy atom. The number of fused-ring (bicyclic) bond motifs is 1. The number of anilines is 1. The van der Waals surface area contributed by atoms with Crippen LogP contribution in [0.1, 0.15) is 53.7 Å². The van der Waals surface area contributed by atoms with E-state index in [0.717, 1.165) is 42.3 Å². The van der Waals surface area contributed by atoms with Gasteiger partial charge in [-0.25, -0.2) is 0 Å². The third-order valence-electron chi connectivity index (χ3n) is 6.11. The molecule has 6 nitrogen and oxygen atoms in total. The van der Waals surface area contributed by atoms with Gasteiger partial charge in [-0.1, -0.05) is 25.3 Å². The maximum atomic E-state index is 13.6. The summed E-state index contributed by atoms with van der Waals surface area (Å²) < 4.78 is 10.9. The third-order valence-corrected chi connectivity index (χ3v) is 6.11. The third kappa shape index (κ3) is 4.02.